The van der Waals surface area contributed by atoms with E-state index in [9.17, 15) is 4.79 Å². The number of Topliss-reactive ketones (excluding diaryl/α,β-unsaturated/α-hetero) is 1. The van der Waals surface area contributed by atoms with Gasteiger partial charge in [-0.2, -0.15) is 0 Å². The molecule has 0 aromatic heterocycles. The second kappa shape index (κ2) is 22.4. The summed E-state index contributed by atoms with van der Waals surface area (Å²) in [6.07, 6.45) is 1.38. The van der Waals surface area contributed by atoms with Crippen LogP contribution >= 0.6 is 0 Å². The highest BCUT2D eigenvalue weighted by molar-refractivity contribution is 5.77. The van der Waals surface area contributed by atoms with Crippen LogP contribution in [0, 0.1) is 0 Å². The van der Waals surface area contributed by atoms with Gasteiger partial charge in [-0.25, -0.2) is 0 Å². The van der Waals surface area contributed by atoms with E-state index in [2.05, 4.69) is 0 Å². The first kappa shape index (κ1) is 17.6. The van der Waals surface area contributed by atoms with Crippen LogP contribution in [0.15, 0.2) is 0 Å². The van der Waals surface area contributed by atoms with E-state index in [0.29, 0.717) is 18.6 Å². The summed E-state index contributed by atoms with van der Waals surface area (Å²) in [5, 5.41) is 15.1. The van der Waals surface area contributed by atoms with Crippen molar-refractivity contribution in [3.05, 3.63) is 0 Å². The molecule has 0 bridgehead atoms. The minimum Gasteiger partial charge on any atom is -0.397 e. The fourth-order valence-corrected chi connectivity index (χ4v) is 0.250. The molecule has 0 unspecified atom stereocenters. The third-order valence-electron chi connectivity index (χ3n) is 0.789. The lowest BCUT2D eigenvalue weighted by Crippen LogP contribution is -1.88. The highest BCUT2D eigenvalue weighted by atomic mass is 16.3. The Morgan fingerprint density at radius 1 is 0.917 bits per heavy atom. The summed E-state index contributed by atoms with van der Waals surface area (Å²) in [5.74, 6) is 0.343. The van der Waals surface area contributed by atoms with E-state index in [4.69, 9.17) is 10.2 Å². The molecule has 0 atom stereocenters. The molecule has 76 valence electrons. The Morgan fingerprint density at radius 3 is 1.08 bits per heavy atom. The maximum atomic E-state index is 10.2. The van der Waals surface area contributed by atoms with E-state index in [1.54, 1.807) is 13.8 Å². The maximum Gasteiger partial charge on any atom is 0.132 e. The Hall–Kier alpha value is -0.410. The van der Waals surface area contributed by atoms with Crippen molar-refractivity contribution < 1.29 is 15.0 Å². The standard InChI is InChI=1S/C5H10O.2C2H6O/c1-3-5(6)4-2;2*1-2-3/h3-4H2,1-2H3;2*3H,2H2,1H3. The van der Waals surface area contributed by atoms with Crippen molar-refractivity contribution in [2.45, 2.75) is 40.5 Å². The molecule has 0 saturated heterocycles. The number of hydrogen-bond donors (Lipinski definition) is 2. The second-order valence-electron chi connectivity index (χ2n) is 1.88. The van der Waals surface area contributed by atoms with Crippen LogP contribution in [0.25, 0.3) is 0 Å². The van der Waals surface area contributed by atoms with Gasteiger partial charge in [0.05, 0.1) is 0 Å². The van der Waals surface area contributed by atoms with Gasteiger partial charge in [0.2, 0.25) is 0 Å². The minimum atomic E-state index is 0.250. The molecule has 0 saturated carbocycles. The number of carbonyl (C=O) groups is 1. The summed E-state index contributed by atoms with van der Waals surface area (Å²) in [6, 6.07) is 0. The molecule has 3 heteroatoms. The van der Waals surface area contributed by atoms with Gasteiger partial charge in [-0.05, 0) is 13.8 Å². The predicted molar refractivity (Wildman–Crippen MR) is 51.1 cm³/mol. The van der Waals surface area contributed by atoms with Crippen molar-refractivity contribution in [2.75, 3.05) is 13.2 Å². The third kappa shape index (κ3) is 54.9. The van der Waals surface area contributed by atoms with Crippen molar-refractivity contribution >= 4 is 5.78 Å². The summed E-state index contributed by atoms with van der Waals surface area (Å²) in [5.41, 5.74) is 0. The fourth-order valence-electron chi connectivity index (χ4n) is 0.250. The van der Waals surface area contributed by atoms with Crippen LogP contribution in [0.3, 0.4) is 0 Å². The molecule has 0 aliphatic carbocycles. The molecular formula is C9H22O3. The molecule has 0 rings (SSSR count). The van der Waals surface area contributed by atoms with E-state index >= 15 is 0 Å². The number of aliphatic hydroxyl groups is 2. The van der Waals surface area contributed by atoms with Gasteiger partial charge in [0, 0.05) is 26.1 Å². The fraction of sp³-hybridized carbons (Fsp3) is 0.889. The Bertz CT molecular complexity index is 64.2. The van der Waals surface area contributed by atoms with Crippen LogP contribution in [0.5, 0.6) is 0 Å². The molecule has 0 aromatic rings. The zero-order valence-corrected chi connectivity index (χ0v) is 8.63. The van der Waals surface area contributed by atoms with E-state index in [1.807, 2.05) is 13.8 Å². The van der Waals surface area contributed by atoms with E-state index in [0.717, 1.165) is 0 Å². The van der Waals surface area contributed by atoms with Gasteiger partial charge in [-0.3, -0.25) is 4.79 Å². The lowest BCUT2D eigenvalue weighted by molar-refractivity contribution is -0.118. The molecule has 0 heterocycles. The Kier molecular flexibility index (Phi) is 32.9. The molecule has 0 aliphatic heterocycles. The van der Waals surface area contributed by atoms with Gasteiger partial charge in [0.1, 0.15) is 5.78 Å². The summed E-state index contributed by atoms with van der Waals surface area (Å²) in [6.45, 7) is 7.62. The number of ketones is 1. The van der Waals surface area contributed by atoms with E-state index in [1.165, 1.54) is 0 Å². The zero-order valence-electron chi connectivity index (χ0n) is 8.63. The van der Waals surface area contributed by atoms with Gasteiger partial charge in [0.25, 0.3) is 0 Å². The maximum absolute atomic E-state index is 10.2. The van der Waals surface area contributed by atoms with E-state index < -0.39 is 0 Å². The van der Waals surface area contributed by atoms with Crippen LogP contribution < -0.4 is 0 Å². The zero-order chi connectivity index (χ0) is 10.4. The van der Waals surface area contributed by atoms with Gasteiger partial charge in [0.15, 0.2) is 0 Å². The monoisotopic (exact) mass is 178 g/mol. The van der Waals surface area contributed by atoms with Crippen LogP contribution in [-0.2, 0) is 4.79 Å². The average molecular weight is 178 g/mol. The first-order valence-electron chi connectivity index (χ1n) is 4.37. The SMILES string of the molecule is CCC(=O)CC.CCO.CCO. The molecule has 0 aromatic carbocycles. The van der Waals surface area contributed by atoms with Crippen molar-refractivity contribution in [2.24, 2.45) is 0 Å². The lowest BCUT2D eigenvalue weighted by atomic mass is 10.3. The third-order valence-corrected chi connectivity index (χ3v) is 0.789. The van der Waals surface area contributed by atoms with Gasteiger partial charge >= 0.3 is 0 Å². The number of aliphatic hydroxyl groups excluding tert-OH is 2. The minimum absolute atomic E-state index is 0.250. The predicted octanol–water partition coefficient (Wildman–Crippen LogP) is 1.37. The number of hydrogen-bond acceptors (Lipinski definition) is 3. The highest BCUT2D eigenvalue weighted by Gasteiger charge is 1.86. The topological polar surface area (TPSA) is 57.5 Å². The van der Waals surface area contributed by atoms with E-state index in [-0.39, 0.29) is 13.2 Å². The van der Waals surface area contributed by atoms with Crippen molar-refractivity contribution in [1.29, 1.82) is 0 Å². The Morgan fingerprint density at radius 2 is 1.08 bits per heavy atom. The molecule has 3 nitrogen and oxygen atoms in total. The van der Waals surface area contributed by atoms with Crippen LogP contribution in [0.4, 0.5) is 0 Å². The van der Waals surface area contributed by atoms with Crippen molar-refractivity contribution in [1.82, 2.24) is 0 Å². The lowest BCUT2D eigenvalue weighted by Gasteiger charge is -1.81. The molecule has 0 spiro atoms. The van der Waals surface area contributed by atoms with Crippen molar-refractivity contribution in [3.63, 3.8) is 0 Å². The first-order valence-corrected chi connectivity index (χ1v) is 4.37. The quantitative estimate of drug-likeness (QED) is 0.671. The Balaban J connectivity index is -0.000000115. The molecular weight excluding hydrogens is 156 g/mol. The summed E-state index contributed by atoms with van der Waals surface area (Å²) in [4.78, 5) is 10.2. The van der Waals surface area contributed by atoms with Gasteiger partial charge in [-0.1, -0.05) is 13.8 Å². The average Bonchev–Trinajstić information content (AvgIpc) is 2.06. The molecule has 0 amide bonds. The number of carbonyl (C=O) groups excluding carboxylic acids is 1. The molecule has 12 heavy (non-hydrogen) atoms. The summed E-state index contributed by atoms with van der Waals surface area (Å²) < 4.78 is 0. The van der Waals surface area contributed by atoms with Crippen LogP contribution in [0.2, 0.25) is 0 Å². The molecule has 0 radical (unpaired) electrons. The molecule has 2 N–H and O–H groups in total. The first-order chi connectivity index (χ1) is 5.64. The highest BCUT2D eigenvalue weighted by Crippen LogP contribution is 1.83. The number of rotatable bonds is 2. The largest absolute Gasteiger partial charge is 0.397 e. The molecule has 0 fully saturated rings. The Labute approximate surface area is 75.4 Å². The second-order valence-corrected chi connectivity index (χ2v) is 1.88. The molecule has 0 aliphatic rings. The van der Waals surface area contributed by atoms with Gasteiger partial charge < -0.3 is 10.2 Å². The van der Waals surface area contributed by atoms with Crippen LogP contribution in [0.1, 0.15) is 40.5 Å². The smallest absolute Gasteiger partial charge is 0.132 e. The van der Waals surface area contributed by atoms with Crippen molar-refractivity contribution in [3.8, 4) is 0 Å². The van der Waals surface area contributed by atoms with Crippen LogP contribution in [-0.4, -0.2) is 29.2 Å². The van der Waals surface area contributed by atoms with Gasteiger partial charge in [-0.15, -0.1) is 0 Å². The normalized spacial score (nSPS) is 7.17. The summed E-state index contributed by atoms with van der Waals surface area (Å²) >= 11 is 0. The summed E-state index contributed by atoms with van der Waals surface area (Å²) in [7, 11) is 0.